The number of fused-ring (bicyclic) bond motifs is 3. The van der Waals surface area contributed by atoms with Crippen LogP contribution in [0.25, 0.3) is 44.3 Å². The lowest BCUT2D eigenvalue weighted by atomic mass is 9.96. The van der Waals surface area contributed by atoms with Crippen molar-refractivity contribution in [2.75, 3.05) is 0 Å². The van der Waals surface area contributed by atoms with Crippen LogP contribution in [-0.4, -0.2) is 8.07 Å². The minimum Gasteiger partial charge on any atom is -0.454 e. The fourth-order valence-electron chi connectivity index (χ4n) is 6.69. The molecule has 2 aromatic heterocycles. The van der Waals surface area contributed by atoms with Gasteiger partial charge < -0.3 is 4.42 Å². The van der Waals surface area contributed by atoms with Crippen molar-refractivity contribution < 1.29 is 21.6 Å². The van der Waals surface area contributed by atoms with E-state index in [0.29, 0.717) is 55.1 Å². The van der Waals surface area contributed by atoms with E-state index >= 15 is 4.39 Å². The van der Waals surface area contributed by atoms with Gasteiger partial charge in [0, 0.05) is 36.2 Å². The zero-order chi connectivity index (χ0) is 37.2. The third kappa shape index (κ3) is 4.57. The van der Waals surface area contributed by atoms with Gasteiger partial charge in [0.05, 0.1) is 17.2 Å². The number of aromatic nitrogens is 1. The first kappa shape index (κ1) is 23.1. The molecule has 5 aromatic carbocycles. The maximum absolute atomic E-state index is 16.7. The summed E-state index contributed by atoms with van der Waals surface area (Å²) in [4.78, 5) is 0. The molecule has 0 bridgehead atoms. The van der Waals surface area contributed by atoms with Crippen molar-refractivity contribution >= 4 is 45.6 Å². The molecular formula is C41H34FN2OSi+. The molecule has 46 heavy (non-hydrogen) atoms. The standard InChI is InChI=1S/C41H34FN2OSi/c1-26-16-19-33-34-20-17-30(24-43)39(41(34)45-40(33)38(26)36-22-27(2)28(3)25-44(36)4)29-18-21-37(35(42)23-29)46(5,31-12-8-6-9-13-31)32-14-10-7-11-15-32/h6-23,25H,1-5H3/q+1/i2D3,3D3. The van der Waals surface area contributed by atoms with Crippen LogP contribution in [0.2, 0.25) is 6.55 Å². The van der Waals surface area contributed by atoms with Gasteiger partial charge in [0.25, 0.3) is 0 Å². The van der Waals surface area contributed by atoms with E-state index in [9.17, 15) is 5.26 Å². The van der Waals surface area contributed by atoms with Crippen LogP contribution in [0.5, 0.6) is 0 Å². The van der Waals surface area contributed by atoms with Crippen LogP contribution in [0, 0.1) is 37.8 Å². The Morgan fingerprint density at radius 3 is 2.00 bits per heavy atom. The number of nitrogens with zero attached hydrogens (tertiary/aromatic N) is 2. The molecule has 0 spiro atoms. The molecule has 0 aliphatic carbocycles. The van der Waals surface area contributed by atoms with E-state index in [1.54, 1.807) is 23.7 Å². The lowest BCUT2D eigenvalue weighted by molar-refractivity contribution is -0.660. The second-order valence-electron chi connectivity index (χ2n) is 11.9. The molecule has 224 valence electrons. The van der Waals surface area contributed by atoms with Crippen molar-refractivity contribution in [1.29, 1.82) is 5.26 Å². The van der Waals surface area contributed by atoms with Gasteiger partial charge >= 0.3 is 0 Å². The Morgan fingerprint density at radius 2 is 1.39 bits per heavy atom. The third-order valence-electron chi connectivity index (χ3n) is 9.17. The average molecular weight is 624 g/mol. The molecule has 7 aromatic rings. The minimum absolute atomic E-state index is 0.252. The van der Waals surface area contributed by atoms with E-state index in [4.69, 9.17) is 12.6 Å². The molecule has 0 saturated carbocycles. The topological polar surface area (TPSA) is 40.8 Å². The molecule has 7 rings (SSSR count). The first-order chi connectivity index (χ1) is 24.6. The number of hydrogen-bond acceptors (Lipinski definition) is 2. The second-order valence-corrected chi connectivity index (χ2v) is 15.8. The monoisotopic (exact) mass is 623 g/mol. The number of hydrogen-bond donors (Lipinski definition) is 0. The van der Waals surface area contributed by atoms with Gasteiger partial charge in [-0.15, -0.1) is 0 Å². The highest BCUT2D eigenvalue weighted by Crippen LogP contribution is 2.42. The molecule has 0 aliphatic heterocycles. The van der Waals surface area contributed by atoms with E-state index in [1.807, 2.05) is 91.9 Å². The van der Waals surface area contributed by atoms with Crippen molar-refractivity contribution in [2.45, 2.75) is 27.2 Å². The summed E-state index contributed by atoms with van der Waals surface area (Å²) >= 11 is 0. The molecule has 2 heterocycles. The number of halogens is 1. The number of furan rings is 1. The largest absolute Gasteiger partial charge is 0.454 e. The van der Waals surface area contributed by atoms with Crippen LogP contribution in [0.1, 0.15) is 30.5 Å². The Bertz CT molecular complexity index is 2520. The van der Waals surface area contributed by atoms with Crippen molar-refractivity contribution in [3.05, 3.63) is 143 Å². The van der Waals surface area contributed by atoms with Gasteiger partial charge in [-0.25, -0.2) is 8.96 Å². The maximum Gasteiger partial charge on any atom is 0.216 e. The van der Waals surface area contributed by atoms with E-state index in [0.717, 1.165) is 15.9 Å². The van der Waals surface area contributed by atoms with Crippen LogP contribution in [0.3, 0.4) is 0 Å². The van der Waals surface area contributed by atoms with E-state index in [1.165, 1.54) is 18.3 Å². The molecule has 0 radical (unpaired) electrons. The zero-order valence-electron chi connectivity index (χ0n) is 31.7. The summed E-state index contributed by atoms with van der Waals surface area (Å²) in [5.41, 5.74) is 3.33. The third-order valence-corrected chi connectivity index (χ3v) is 13.6. The smallest absolute Gasteiger partial charge is 0.216 e. The van der Waals surface area contributed by atoms with Gasteiger partial charge in [-0.05, 0) is 71.1 Å². The fraction of sp³-hybridized carbons (Fsp3) is 0.122. The normalized spacial score (nSPS) is 14.2. The van der Waals surface area contributed by atoms with Gasteiger partial charge in [-0.1, -0.05) is 91.5 Å². The van der Waals surface area contributed by atoms with Crippen LogP contribution < -0.4 is 20.1 Å². The summed E-state index contributed by atoms with van der Waals surface area (Å²) in [7, 11) is -1.11. The van der Waals surface area contributed by atoms with Crippen molar-refractivity contribution in [3.8, 4) is 28.5 Å². The molecule has 0 atom stereocenters. The molecular weight excluding hydrogens is 584 g/mol. The fourth-order valence-corrected chi connectivity index (χ4v) is 10.3. The van der Waals surface area contributed by atoms with Gasteiger partial charge in [0.2, 0.25) is 5.69 Å². The van der Waals surface area contributed by atoms with Gasteiger partial charge in [0.15, 0.2) is 6.20 Å². The Kier molecular flexibility index (Phi) is 5.64. The Hall–Kier alpha value is -5.31. The highest BCUT2D eigenvalue weighted by Gasteiger charge is 2.36. The summed E-state index contributed by atoms with van der Waals surface area (Å²) in [6, 6.07) is 36.1. The Morgan fingerprint density at radius 1 is 0.761 bits per heavy atom. The van der Waals surface area contributed by atoms with Gasteiger partial charge in [0.1, 0.15) is 32.1 Å². The van der Waals surface area contributed by atoms with Crippen molar-refractivity contribution in [1.82, 2.24) is 0 Å². The van der Waals surface area contributed by atoms with E-state index < -0.39 is 21.8 Å². The van der Waals surface area contributed by atoms with Gasteiger partial charge in [-0.2, -0.15) is 5.26 Å². The Labute approximate surface area is 278 Å². The SMILES string of the molecule is [2H]C([2H])([2H])c1cc(-c2c(C)ccc3c2oc2c(-c4ccc([Si](C)(c5ccccc5)c5ccccc5)c(F)c4)c(C#N)ccc23)[n+](C)cc1C([2H])([2H])[2H]. The Balaban J connectivity index is 1.46. The highest BCUT2D eigenvalue weighted by molar-refractivity contribution is 7.10. The van der Waals surface area contributed by atoms with Crippen LogP contribution in [0.4, 0.5) is 4.39 Å². The number of benzene rings is 5. The molecule has 0 unspecified atom stereocenters. The van der Waals surface area contributed by atoms with Crippen LogP contribution in [0.15, 0.2) is 120 Å². The second kappa shape index (κ2) is 11.2. The summed E-state index contributed by atoms with van der Waals surface area (Å²) in [6.45, 7) is -1.32. The quantitative estimate of drug-likeness (QED) is 0.112. The first-order valence-electron chi connectivity index (χ1n) is 18.0. The predicted molar refractivity (Wildman–Crippen MR) is 188 cm³/mol. The van der Waals surface area contributed by atoms with E-state index in [2.05, 4.69) is 12.6 Å². The summed E-state index contributed by atoms with van der Waals surface area (Å²) in [5, 5.41) is 14.4. The number of pyridine rings is 1. The highest BCUT2D eigenvalue weighted by atomic mass is 28.3. The minimum atomic E-state index is -2.78. The summed E-state index contributed by atoms with van der Waals surface area (Å²) in [5.74, 6) is -0.383. The molecule has 0 aliphatic rings. The molecule has 0 saturated heterocycles. The zero-order valence-corrected chi connectivity index (χ0v) is 26.7. The average Bonchev–Trinajstić information content (AvgIpc) is 3.49. The number of nitriles is 1. The van der Waals surface area contributed by atoms with Crippen LogP contribution >= 0.6 is 0 Å². The molecule has 0 N–H and O–H groups in total. The first-order valence-corrected chi connectivity index (χ1v) is 17.5. The number of rotatable bonds is 5. The van der Waals surface area contributed by atoms with Gasteiger partial charge in [-0.3, -0.25) is 0 Å². The van der Waals surface area contributed by atoms with Crippen molar-refractivity contribution in [2.24, 2.45) is 7.05 Å². The molecule has 5 heteroatoms. The lowest BCUT2D eigenvalue weighted by Gasteiger charge is -2.30. The number of aryl methyl sites for hydroxylation is 4. The summed E-state index contributed by atoms with van der Waals surface area (Å²) in [6.07, 6.45) is 1.34. The molecule has 3 nitrogen and oxygen atoms in total. The molecule has 0 amide bonds. The maximum atomic E-state index is 16.7. The predicted octanol–water partition coefficient (Wildman–Crippen LogP) is 7.78. The molecule has 0 fully saturated rings. The van der Waals surface area contributed by atoms with Crippen LogP contribution in [-0.2, 0) is 7.05 Å². The lowest BCUT2D eigenvalue weighted by Crippen LogP contribution is -2.65. The van der Waals surface area contributed by atoms with E-state index in [-0.39, 0.29) is 16.9 Å². The van der Waals surface area contributed by atoms with Crippen molar-refractivity contribution in [3.63, 3.8) is 0 Å². The summed E-state index contributed by atoms with van der Waals surface area (Å²) < 4.78 is 73.5.